The zero-order valence-corrected chi connectivity index (χ0v) is 15.1. The lowest BCUT2D eigenvalue weighted by Crippen LogP contribution is -2.28. The molecule has 0 N–H and O–H groups in total. The van der Waals surface area contributed by atoms with Gasteiger partial charge in [-0.3, -0.25) is 9.69 Å². The van der Waals surface area contributed by atoms with Crippen LogP contribution >= 0.6 is 23.4 Å². The highest BCUT2D eigenvalue weighted by Crippen LogP contribution is 2.34. The quantitative estimate of drug-likeness (QED) is 0.701. The van der Waals surface area contributed by atoms with E-state index in [0.29, 0.717) is 21.6 Å². The predicted molar refractivity (Wildman–Crippen MR) is 103 cm³/mol. The Labute approximate surface area is 151 Å². The van der Waals surface area contributed by atoms with Crippen LogP contribution in [0.3, 0.4) is 0 Å². The van der Waals surface area contributed by atoms with Gasteiger partial charge in [0.25, 0.3) is 5.91 Å². The summed E-state index contributed by atoms with van der Waals surface area (Å²) >= 11 is 7.31. The van der Waals surface area contributed by atoms with Crippen molar-refractivity contribution in [1.82, 2.24) is 4.90 Å². The van der Waals surface area contributed by atoms with Gasteiger partial charge in [0.2, 0.25) is 0 Å². The van der Waals surface area contributed by atoms with E-state index in [1.165, 1.54) is 17.3 Å². The number of hydrogen-bond donors (Lipinski definition) is 0. The van der Waals surface area contributed by atoms with Crippen LogP contribution in [0.2, 0.25) is 5.02 Å². The molecule has 1 aliphatic rings. The number of likely N-dealkylation sites (N-methyl/N-ethyl adjacent to an activating group) is 1. The Kier molecular flexibility index (Phi) is 5.07. The van der Waals surface area contributed by atoms with Gasteiger partial charge in [-0.15, -0.1) is 0 Å². The smallest absolute Gasteiger partial charge is 0.266 e. The molecule has 0 radical (unpaired) electrons. The third-order valence-corrected chi connectivity index (χ3v) is 4.89. The molecule has 0 unspecified atom stereocenters. The second-order valence-corrected chi connectivity index (χ2v) is 6.89. The number of nitrogens with zero attached hydrogens (tertiary/aromatic N) is 2. The van der Waals surface area contributed by atoms with Crippen molar-refractivity contribution in [2.75, 3.05) is 6.54 Å². The van der Waals surface area contributed by atoms with Crippen LogP contribution in [0.4, 0.5) is 5.69 Å². The first-order valence-electron chi connectivity index (χ1n) is 7.69. The highest BCUT2D eigenvalue weighted by Gasteiger charge is 2.32. The van der Waals surface area contributed by atoms with E-state index in [1.807, 2.05) is 56.3 Å². The summed E-state index contributed by atoms with van der Waals surface area (Å²) in [4.78, 5) is 19.6. The molecule has 5 heteroatoms. The SMILES string of the molecule is CCN1C(=O)/C(=C\c2ccc(C)cc2)SC1=Nc1ccc(Cl)cc1. The summed E-state index contributed by atoms with van der Waals surface area (Å²) < 4.78 is 0. The van der Waals surface area contributed by atoms with Crippen molar-refractivity contribution in [3.05, 3.63) is 69.6 Å². The summed E-state index contributed by atoms with van der Waals surface area (Å²) in [7, 11) is 0. The number of hydrogen-bond acceptors (Lipinski definition) is 3. The predicted octanol–water partition coefficient (Wildman–Crippen LogP) is 5.27. The van der Waals surface area contributed by atoms with Crippen LogP contribution in [0.15, 0.2) is 58.4 Å². The molecule has 1 saturated heterocycles. The molecular weight excluding hydrogens is 340 g/mol. The summed E-state index contributed by atoms with van der Waals surface area (Å²) in [6.45, 7) is 4.58. The first-order valence-corrected chi connectivity index (χ1v) is 8.88. The van der Waals surface area contributed by atoms with Crippen LogP contribution < -0.4 is 0 Å². The topological polar surface area (TPSA) is 32.7 Å². The second kappa shape index (κ2) is 7.24. The standard InChI is InChI=1S/C19H17ClN2OS/c1-3-22-18(23)17(12-14-6-4-13(2)5-7-14)24-19(22)21-16-10-8-15(20)9-11-16/h4-12H,3H2,1-2H3/b17-12+,21-19?. The number of amides is 1. The summed E-state index contributed by atoms with van der Waals surface area (Å²) in [5, 5.41) is 1.37. The van der Waals surface area contributed by atoms with Gasteiger partial charge in [0.05, 0.1) is 10.6 Å². The number of amidine groups is 1. The molecule has 1 amide bonds. The van der Waals surface area contributed by atoms with E-state index in [0.717, 1.165) is 11.3 Å². The molecule has 122 valence electrons. The lowest BCUT2D eigenvalue weighted by atomic mass is 10.1. The number of rotatable bonds is 3. The van der Waals surface area contributed by atoms with Crippen LogP contribution in [0.1, 0.15) is 18.1 Å². The summed E-state index contributed by atoms with van der Waals surface area (Å²) in [5.74, 6) is -0.00390. The minimum Gasteiger partial charge on any atom is -0.287 e. The van der Waals surface area contributed by atoms with Gasteiger partial charge in [0.15, 0.2) is 5.17 Å². The Balaban J connectivity index is 1.91. The van der Waals surface area contributed by atoms with Crippen molar-refractivity contribution in [3.8, 4) is 0 Å². The Morgan fingerprint density at radius 3 is 2.42 bits per heavy atom. The van der Waals surface area contributed by atoms with Gasteiger partial charge in [0.1, 0.15) is 0 Å². The lowest BCUT2D eigenvalue weighted by molar-refractivity contribution is -0.122. The van der Waals surface area contributed by atoms with Crippen LogP contribution in [0.5, 0.6) is 0 Å². The number of halogens is 1. The number of thioether (sulfide) groups is 1. The molecule has 3 rings (SSSR count). The van der Waals surface area contributed by atoms with Gasteiger partial charge in [0, 0.05) is 11.6 Å². The van der Waals surface area contributed by atoms with E-state index in [2.05, 4.69) is 4.99 Å². The third kappa shape index (κ3) is 3.71. The summed E-state index contributed by atoms with van der Waals surface area (Å²) in [6.07, 6.45) is 1.92. The molecule has 24 heavy (non-hydrogen) atoms. The molecule has 0 bridgehead atoms. The van der Waals surface area contributed by atoms with Crippen molar-refractivity contribution in [1.29, 1.82) is 0 Å². The van der Waals surface area contributed by atoms with Gasteiger partial charge >= 0.3 is 0 Å². The number of aryl methyl sites for hydroxylation is 1. The van der Waals surface area contributed by atoms with Gasteiger partial charge in [-0.1, -0.05) is 41.4 Å². The normalized spacial score (nSPS) is 18.0. The summed E-state index contributed by atoms with van der Waals surface area (Å²) in [6, 6.07) is 15.4. The largest absolute Gasteiger partial charge is 0.287 e. The van der Waals surface area contributed by atoms with Crippen molar-refractivity contribution in [3.63, 3.8) is 0 Å². The number of aliphatic imine (C=N–C) groups is 1. The Morgan fingerprint density at radius 1 is 1.12 bits per heavy atom. The molecule has 3 nitrogen and oxygen atoms in total. The van der Waals surface area contributed by atoms with E-state index in [-0.39, 0.29) is 5.91 Å². The first kappa shape index (κ1) is 16.8. The molecule has 0 spiro atoms. The third-order valence-electron chi connectivity index (χ3n) is 3.63. The molecule has 0 saturated carbocycles. The number of carbonyl (C=O) groups is 1. The molecule has 2 aromatic rings. The minimum absolute atomic E-state index is 0.00390. The minimum atomic E-state index is -0.00390. The van der Waals surface area contributed by atoms with Gasteiger partial charge in [-0.2, -0.15) is 0 Å². The molecular formula is C19H17ClN2OS. The average Bonchev–Trinajstić information content (AvgIpc) is 2.86. The number of benzene rings is 2. The zero-order valence-electron chi connectivity index (χ0n) is 13.5. The van der Waals surface area contributed by atoms with E-state index in [4.69, 9.17) is 11.6 Å². The fourth-order valence-corrected chi connectivity index (χ4v) is 3.50. The molecule has 0 atom stereocenters. The van der Waals surface area contributed by atoms with Crippen molar-refractivity contribution in [2.24, 2.45) is 4.99 Å². The molecule has 2 aromatic carbocycles. The average molecular weight is 357 g/mol. The van der Waals surface area contributed by atoms with Crippen LogP contribution in [-0.4, -0.2) is 22.5 Å². The molecule has 0 aliphatic carbocycles. The number of carbonyl (C=O) groups excluding carboxylic acids is 1. The fourth-order valence-electron chi connectivity index (χ4n) is 2.31. The Hall–Kier alpha value is -2.04. The van der Waals surface area contributed by atoms with Crippen LogP contribution in [0.25, 0.3) is 6.08 Å². The van der Waals surface area contributed by atoms with E-state index in [1.54, 1.807) is 17.0 Å². The van der Waals surface area contributed by atoms with E-state index < -0.39 is 0 Å². The Bertz CT molecular complexity index is 810. The van der Waals surface area contributed by atoms with Crippen molar-refractivity contribution < 1.29 is 4.79 Å². The molecule has 1 aliphatic heterocycles. The molecule has 1 fully saturated rings. The van der Waals surface area contributed by atoms with Crippen LogP contribution in [0, 0.1) is 6.92 Å². The maximum Gasteiger partial charge on any atom is 0.266 e. The van der Waals surface area contributed by atoms with Crippen molar-refractivity contribution in [2.45, 2.75) is 13.8 Å². The van der Waals surface area contributed by atoms with E-state index in [9.17, 15) is 4.79 Å². The van der Waals surface area contributed by atoms with Gasteiger partial charge in [-0.05, 0) is 61.5 Å². The maximum atomic E-state index is 12.6. The second-order valence-electron chi connectivity index (χ2n) is 5.44. The lowest BCUT2D eigenvalue weighted by Gasteiger charge is -2.11. The highest BCUT2D eigenvalue weighted by molar-refractivity contribution is 8.18. The monoisotopic (exact) mass is 356 g/mol. The highest BCUT2D eigenvalue weighted by atomic mass is 35.5. The van der Waals surface area contributed by atoms with Gasteiger partial charge < -0.3 is 0 Å². The molecule has 1 heterocycles. The van der Waals surface area contributed by atoms with E-state index >= 15 is 0 Å². The Morgan fingerprint density at radius 2 is 1.79 bits per heavy atom. The zero-order chi connectivity index (χ0) is 17.1. The van der Waals surface area contributed by atoms with Gasteiger partial charge in [-0.25, -0.2) is 4.99 Å². The fraction of sp³-hybridized carbons (Fsp3) is 0.158. The maximum absolute atomic E-state index is 12.6. The van der Waals surface area contributed by atoms with Crippen molar-refractivity contribution >= 4 is 46.2 Å². The summed E-state index contributed by atoms with van der Waals surface area (Å²) in [5.41, 5.74) is 2.99. The molecule has 0 aromatic heterocycles. The van der Waals surface area contributed by atoms with Crippen LogP contribution in [-0.2, 0) is 4.79 Å². The first-order chi connectivity index (χ1) is 11.6.